The number of aromatic nitrogens is 2. The zero-order valence-electron chi connectivity index (χ0n) is 16.0. The van der Waals surface area contributed by atoms with Crippen LogP contribution in [0.25, 0.3) is 0 Å². The van der Waals surface area contributed by atoms with Crippen molar-refractivity contribution >= 4 is 17.5 Å². The van der Waals surface area contributed by atoms with Gasteiger partial charge in [0.05, 0.1) is 11.7 Å². The lowest BCUT2D eigenvalue weighted by Gasteiger charge is -2.21. The van der Waals surface area contributed by atoms with Gasteiger partial charge in [-0.1, -0.05) is 13.8 Å². The molecule has 0 saturated carbocycles. The van der Waals surface area contributed by atoms with Crippen molar-refractivity contribution in [3.8, 4) is 5.75 Å². The van der Waals surface area contributed by atoms with Crippen molar-refractivity contribution in [1.82, 2.24) is 9.97 Å². The molecule has 0 spiro atoms. The quantitative estimate of drug-likeness (QED) is 0.731. The molecule has 0 bridgehead atoms. The molecule has 0 aliphatic rings. The van der Waals surface area contributed by atoms with E-state index in [0.717, 1.165) is 31.7 Å². The van der Waals surface area contributed by atoms with E-state index >= 15 is 0 Å². The molecule has 1 heterocycles. The van der Waals surface area contributed by atoms with Gasteiger partial charge in [0.2, 0.25) is 5.95 Å². The first kappa shape index (κ1) is 19.7. The third-order valence-electron chi connectivity index (χ3n) is 3.65. The van der Waals surface area contributed by atoms with Crippen LogP contribution in [0.1, 0.15) is 50.9 Å². The molecule has 0 atom stereocenters. The van der Waals surface area contributed by atoms with E-state index in [4.69, 9.17) is 4.74 Å². The molecule has 6 heteroatoms. The summed E-state index contributed by atoms with van der Waals surface area (Å²) in [6.07, 6.45) is 5.33. The van der Waals surface area contributed by atoms with Gasteiger partial charge >= 0.3 is 0 Å². The number of hydrogen-bond acceptors (Lipinski definition) is 5. The lowest BCUT2D eigenvalue weighted by molar-refractivity contribution is 0.102. The van der Waals surface area contributed by atoms with E-state index in [0.29, 0.717) is 17.2 Å². The number of nitrogens with zero attached hydrogens (tertiary/aromatic N) is 3. The molecular formula is C20H28N4O2. The van der Waals surface area contributed by atoms with Gasteiger partial charge in [-0.25, -0.2) is 9.97 Å². The fraction of sp³-hybridized carbons (Fsp3) is 0.450. The second kappa shape index (κ2) is 9.75. The maximum absolute atomic E-state index is 12.4. The fourth-order valence-electron chi connectivity index (χ4n) is 2.55. The Bertz CT molecular complexity index is 678. The molecule has 1 aromatic carbocycles. The Balaban J connectivity index is 2.01. The molecule has 2 rings (SSSR count). The van der Waals surface area contributed by atoms with Crippen LogP contribution < -0.4 is 15.0 Å². The lowest BCUT2D eigenvalue weighted by Crippen LogP contribution is -2.27. The second-order valence-corrected chi connectivity index (χ2v) is 6.40. The number of hydrogen-bond donors (Lipinski definition) is 1. The number of carbonyl (C=O) groups excluding carboxylic acids is 1. The highest BCUT2D eigenvalue weighted by Gasteiger charge is 2.11. The van der Waals surface area contributed by atoms with E-state index in [1.165, 1.54) is 0 Å². The maximum Gasteiger partial charge on any atom is 0.258 e. The van der Waals surface area contributed by atoms with Crippen LogP contribution in [0.3, 0.4) is 0 Å². The Morgan fingerprint density at radius 3 is 2.15 bits per heavy atom. The van der Waals surface area contributed by atoms with E-state index < -0.39 is 0 Å². The summed E-state index contributed by atoms with van der Waals surface area (Å²) in [5, 5.41) is 2.85. The molecule has 0 radical (unpaired) electrons. The van der Waals surface area contributed by atoms with Crippen molar-refractivity contribution in [3.63, 3.8) is 0 Å². The minimum absolute atomic E-state index is 0.117. The van der Waals surface area contributed by atoms with Crippen LogP contribution >= 0.6 is 0 Å². The molecule has 0 aliphatic heterocycles. The first-order valence-corrected chi connectivity index (χ1v) is 9.18. The van der Waals surface area contributed by atoms with E-state index in [1.54, 1.807) is 12.4 Å². The largest absolute Gasteiger partial charge is 0.491 e. The Morgan fingerprint density at radius 1 is 1.08 bits per heavy atom. The van der Waals surface area contributed by atoms with Crippen molar-refractivity contribution in [2.24, 2.45) is 0 Å². The third kappa shape index (κ3) is 5.72. The van der Waals surface area contributed by atoms with E-state index in [9.17, 15) is 4.79 Å². The topological polar surface area (TPSA) is 67.4 Å². The van der Waals surface area contributed by atoms with Crippen LogP contribution in [-0.2, 0) is 0 Å². The van der Waals surface area contributed by atoms with Gasteiger partial charge < -0.3 is 15.0 Å². The average Bonchev–Trinajstić information content (AvgIpc) is 2.63. The van der Waals surface area contributed by atoms with E-state index in [1.807, 2.05) is 38.1 Å². The Kier molecular flexibility index (Phi) is 7.38. The molecule has 0 fully saturated rings. The first-order chi connectivity index (χ1) is 12.5. The standard InChI is InChI=1S/C20H28N4O2/c1-5-11-24(12-6-2)20-21-13-16(14-22-20)19(25)23-17-7-9-18(10-8-17)26-15(3)4/h7-10,13-15H,5-6,11-12H2,1-4H3,(H,23,25). The molecule has 2 aromatic rings. The summed E-state index contributed by atoms with van der Waals surface area (Å²) >= 11 is 0. The van der Waals surface area contributed by atoms with Gasteiger partial charge in [-0.3, -0.25) is 4.79 Å². The van der Waals surface area contributed by atoms with Gasteiger partial charge in [-0.15, -0.1) is 0 Å². The molecule has 0 unspecified atom stereocenters. The van der Waals surface area contributed by atoms with Gasteiger partial charge in [0, 0.05) is 31.2 Å². The molecule has 0 saturated heterocycles. The van der Waals surface area contributed by atoms with Crippen LogP contribution in [0.4, 0.5) is 11.6 Å². The summed E-state index contributed by atoms with van der Waals surface area (Å²) in [5.41, 5.74) is 1.14. The highest BCUT2D eigenvalue weighted by atomic mass is 16.5. The monoisotopic (exact) mass is 356 g/mol. The number of anilines is 2. The van der Waals surface area contributed by atoms with E-state index in [-0.39, 0.29) is 12.0 Å². The number of nitrogens with one attached hydrogen (secondary N) is 1. The minimum atomic E-state index is -0.230. The molecule has 140 valence electrons. The highest BCUT2D eigenvalue weighted by molar-refractivity contribution is 6.03. The average molecular weight is 356 g/mol. The molecule has 0 aliphatic carbocycles. The van der Waals surface area contributed by atoms with Crippen LogP contribution in [0.15, 0.2) is 36.7 Å². The van der Waals surface area contributed by atoms with Gasteiger partial charge in [-0.2, -0.15) is 0 Å². The molecule has 6 nitrogen and oxygen atoms in total. The second-order valence-electron chi connectivity index (χ2n) is 6.40. The third-order valence-corrected chi connectivity index (χ3v) is 3.65. The van der Waals surface area contributed by atoms with Crippen molar-refractivity contribution in [3.05, 3.63) is 42.2 Å². The van der Waals surface area contributed by atoms with Crippen molar-refractivity contribution in [1.29, 1.82) is 0 Å². The van der Waals surface area contributed by atoms with Gasteiger partial charge in [0.25, 0.3) is 5.91 Å². The summed E-state index contributed by atoms with van der Waals surface area (Å²) in [7, 11) is 0. The molecule has 26 heavy (non-hydrogen) atoms. The number of ether oxygens (including phenoxy) is 1. The van der Waals surface area contributed by atoms with Crippen LogP contribution in [0.2, 0.25) is 0 Å². The normalized spacial score (nSPS) is 10.7. The minimum Gasteiger partial charge on any atom is -0.491 e. The molecule has 1 aromatic heterocycles. The zero-order chi connectivity index (χ0) is 18.9. The van der Waals surface area contributed by atoms with Crippen LogP contribution in [0, 0.1) is 0 Å². The van der Waals surface area contributed by atoms with Gasteiger partial charge in [-0.05, 0) is 51.0 Å². The smallest absolute Gasteiger partial charge is 0.258 e. The Hall–Kier alpha value is -2.63. The lowest BCUT2D eigenvalue weighted by atomic mass is 10.2. The van der Waals surface area contributed by atoms with Crippen molar-refractivity contribution < 1.29 is 9.53 Å². The zero-order valence-corrected chi connectivity index (χ0v) is 16.0. The summed E-state index contributed by atoms with van der Waals surface area (Å²) in [6, 6.07) is 7.30. The molecule has 1 amide bonds. The number of benzene rings is 1. The van der Waals surface area contributed by atoms with Crippen molar-refractivity contribution in [2.75, 3.05) is 23.3 Å². The summed E-state index contributed by atoms with van der Waals surface area (Å²) < 4.78 is 5.60. The Labute approximate surface area is 155 Å². The van der Waals surface area contributed by atoms with Crippen LogP contribution in [-0.4, -0.2) is 35.1 Å². The molecule has 1 N–H and O–H groups in total. The highest BCUT2D eigenvalue weighted by Crippen LogP contribution is 2.17. The van der Waals surface area contributed by atoms with Crippen LogP contribution in [0.5, 0.6) is 5.75 Å². The fourth-order valence-corrected chi connectivity index (χ4v) is 2.55. The van der Waals surface area contributed by atoms with E-state index in [2.05, 4.69) is 34.0 Å². The van der Waals surface area contributed by atoms with Gasteiger partial charge in [0.1, 0.15) is 5.75 Å². The van der Waals surface area contributed by atoms with Gasteiger partial charge in [0.15, 0.2) is 0 Å². The predicted octanol–water partition coefficient (Wildman–Crippen LogP) is 4.14. The molecular weight excluding hydrogens is 328 g/mol. The number of amides is 1. The first-order valence-electron chi connectivity index (χ1n) is 9.18. The number of carbonyl (C=O) groups is 1. The Morgan fingerprint density at radius 2 is 1.65 bits per heavy atom. The van der Waals surface area contributed by atoms with Crippen molar-refractivity contribution in [2.45, 2.75) is 46.6 Å². The number of rotatable bonds is 9. The SMILES string of the molecule is CCCN(CCC)c1ncc(C(=O)Nc2ccc(OC(C)C)cc2)cn1. The summed E-state index contributed by atoms with van der Waals surface area (Å²) in [4.78, 5) is 23.2. The summed E-state index contributed by atoms with van der Waals surface area (Å²) in [6.45, 7) is 10.0. The summed E-state index contributed by atoms with van der Waals surface area (Å²) in [5.74, 6) is 1.21. The maximum atomic E-state index is 12.4. The predicted molar refractivity (Wildman–Crippen MR) is 105 cm³/mol.